The molecule has 4 rings (SSSR count). The Bertz CT molecular complexity index is 748. The SMILES string of the molecule is Nc1ccc2c(c1)CN(c1cc(=O)[nH]c(C3CC3)n1)CC2. The molecule has 0 saturated heterocycles. The molecule has 0 radical (unpaired) electrons. The largest absolute Gasteiger partial charge is 0.399 e. The van der Waals surface area contributed by atoms with Crippen molar-refractivity contribution in [1.29, 1.82) is 0 Å². The standard InChI is InChI=1S/C16H18N4O/c17-13-4-3-10-5-6-20(9-12(10)7-13)14-8-15(21)19-16(18-14)11-1-2-11/h3-4,7-8,11H,1-2,5-6,9,17H2,(H,18,19,21). The van der Waals surface area contributed by atoms with Crippen LogP contribution in [0, 0.1) is 0 Å². The first-order valence-electron chi connectivity index (χ1n) is 7.42. The lowest BCUT2D eigenvalue weighted by Crippen LogP contribution is -2.32. The van der Waals surface area contributed by atoms with Crippen LogP contribution in [0.25, 0.3) is 0 Å². The molecule has 21 heavy (non-hydrogen) atoms. The van der Waals surface area contributed by atoms with Crippen LogP contribution in [0.1, 0.15) is 35.7 Å². The smallest absolute Gasteiger partial charge is 0.252 e. The normalized spacial score (nSPS) is 17.6. The van der Waals surface area contributed by atoms with E-state index in [4.69, 9.17) is 5.73 Å². The molecule has 0 bridgehead atoms. The molecule has 0 unspecified atom stereocenters. The van der Waals surface area contributed by atoms with Crippen molar-refractivity contribution in [1.82, 2.24) is 9.97 Å². The zero-order chi connectivity index (χ0) is 14.4. The summed E-state index contributed by atoms with van der Waals surface area (Å²) < 4.78 is 0. The molecule has 1 aliphatic carbocycles. The van der Waals surface area contributed by atoms with Gasteiger partial charge in [-0.05, 0) is 42.5 Å². The number of nitrogen functional groups attached to an aromatic ring is 1. The van der Waals surface area contributed by atoms with Gasteiger partial charge in [0.1, 0.15) is 11.6 Å². The number of H-pyrrole nitrogens is 1. The van der Waals surface area contributed by atoms with E-state index in [0.29, 0.717) is 5.92 Å². The number of fused-ring (bicyclic) bond motifs is 1. The third kappa shape index (κ3) is 2.39. The van der Waals surface area contributed by atoms with E-state index in [9.17, 15) is 4.79 Å². The van der Waals surface area contributed by atoms with E-state index in [0.717, 1.165) is 49.7 Å². The van der Waals surface area contributed by atoms with Crippen LogP contribution >= 0.6 is 0 Å². The first kappa shape index (κ1) is 12.4. The minimum absolute atomic E-state index is 0.0553. The van der Waals surface area contributed by atoms with E-state index in [2.05, 4.69) is 20.9 Å². The molecule has 2 aromatic rings. The highest BCUT2D eigenvalue weighted by molar-refractivity contribution is 5.50. The molecular weight excluding hydrogens is 264 g/mol. The molecule has 2 heterocycles. The summed E-state index contributed by atoms with van der Waals surface area (Å²) in [4.78, 5) is 21.5. The fraction of sp³-hybridized carbons (Fsp3) is 0.375. The average Bonchev–Trinajstić information content (AvgIpc) is 3.30. The number of nitrogens with two attached hydrogens (primary N) is 1. The van der Waals surface area contributed by atoms with Gasteiger partial charge in [0, 0.05) is 30.8 Å². The zero-order valence-corrected chi connectivity index (χ0v) is 11.8. The first-order valence-corrected chi connectivity index (χ1v) is 7.42. The average molecular weight is 282 g/mol. The van der Waals surface area contributed by atoms with Gasteiger partial charge >= 0.3 is 0 Å². The van der Waals surface area contributed by atoms with Crippen LogP contribution in [0.5, 0.6) is 0 Å². The molecule has 108 valence electrons. The molecule has 5 nitrogen and oxygen atoms in total. The number of aromatic amines is 1. The van der Waals surface area contributed by atoms with E-state index < -0.39 is 0 Å². The van der Waals surface area contributed by atoms with Crippen molar-refractivity contribution in [3.63, 3.8) is 0 Å². The van der Waals surface area contributed by atoms with Crippen LogP contribution in [-0.2, 0) is 13.0 Å². The van der Waals surface area contributed by atoms with Crippen LogP contribution in [0.2, 0.25) is 0 Å². The highest BCUT2D eigenvalue weighted by Crippen LogP contribution is 2.38. The monoisotopic (exact) mass is 282 g/mol. The predicted molar refractivity (Wildman–Crippen MR) is 82.4 cm³/mol. The Kier molecular flexibility index (Phi) is 2.74. The number of rotatable bonds is 2. The maximum absolute atomic E-state index is 11.8. The van der Waals surface area contributed by atoms with Gasteiger partial charge in [-0.25, -0.2) is 4.98 Å². The van der Waals surface area contributed by atoms with Gasteiger partial charge in [0.05, 0.1) is 0 Å². The highest BCUT2D eigenvalue weighted by atomic mass is 16.1. The third-order valence-electron chi connectivity index (χ3n) is 4.28. The van der Waals surface area contributed by atoms with E-state index in [-0.39, 0.29) is 5.56 Å². The van der Waals surface area contributed by atoms with Crippen LogP contribution in [-0.4, -0.2) is 16.5 Å². The van der Waals surface area contributed by atoms with Crippen molar-refractivity contribution >= 4 is 11.5 Å². The molecule has 0 atom stereocenters. The maximum atomic E-state index is 11.8. The zero-order valence-electron chi connectivity index (χ0n) is 11.8. The van der Waals surface area contributed by atoms with Crippen molar-refractivity contribution in [2.45, 2.75) is 31.7 Å². The first-order chi connectivity index (χ1) is 10.2. The van der Waals surface area contributed by atoms with Crippen LogP contribution < -0.4 is 16.2 Å². The van der Waals surface area contributed by atoms with Gasteiger partial charge in [0.25, 0.3) is 5.56 Å². The number of hydrogen-bond acceptors (Lipinski definition) is 4. The van der Waals surface area contributed by atoms with Crippen molar-refractivity contribution in [2.24, 2.45) is 0 Å². The number of nitrogens with one attached hydrogen (secondary N) is 1. The van der Waals surface area contributed by atoms with Crippen LogP contribution in [0.15, 0.2) is 29.1 Å². The third-order valence-corrected chi connectivity index (χ3v) is 4.28. The van der Waals surface area contributed by atoms with Crippen molar-refractivity contribution in [3.8, 4) is 0 Å². The minimum Gasteiger partial charge on any atom is -0.399 e. The molecule has 2 aliphatic rings. The second-order valence-corrected chi connectivity index (χ2v) is 5.96. The van der Waals surface area contributed by atoms with Gasteiger partial charge in [-0.3, -0.25) is 4.79 Å². The van der Waals surface area contributed by atoms with Gasteiger partial charge in [-0.15, -0.1) is 0 Å². The summed E-state index contributed by atoms with van der Waals surface area (Å²) in [6.07, 6.45) is 3.22. The summed E-state index contributed by atoms with van der Waals surface area (Å²) >= 11 is 0. The number of hydrogen-bond donors (Lipinski definition) is 2. The fourth-order valence-corrected chi connectivity index (χ4v) is 2.95. The second kappa shape index (κ2) is 4.62. The molecule has 5 heteroatoms. The molecule has 1 fully saturated rings. The summed E-state index contributed by atoms with van der Waals surface area (Å²) in [5.41, 5.74) is 9.18. The van der Waals surface area contributed by atoms with Gasteiger partial charge in [0.2, 0.25) is 0 Å². The van der Waals surface area contributed by atoms with E-state index >= 15 is 0 Å². The number of anilines is 2. The van der Waals surface area contributed by atoms with Gasteiger partial charge in [-0.1, -0.05) is 6.07 Å². The topological polar surface area (TPSA) is 75.0 Å². The molecule has 1 saturated carbocycles. The summed E-state index contributed by atoms with van der Waals surface area (Å²) in [5, 5.41) is 0. The van der Waals surface area contributed by atoms with Gasteiger partial charge in [-0.2, -0.15) is 0 Å². The molecule has 1 aromatic carbocycles. The molecule has 1 aliphatic heterocycles. The Morgan fingerprint density at radius 1 is 1.24 bits per heavy atom. The maximum Gasteiger partial charge on any atom is 0.252 e. The highest BCUT2D eigenvalue weighted by Gasteiger charge is 2.27. The fourth-order valence-electron chi connectivity index (χ4n) is 2.95. The van der Waals surface area contributed by atoms with Crippen molar-refractivity contribution < 1.29 is 0 Å². The van der Waals surface area contributed by atoms with E-state index in [1.165, 1.54) is 11.1 Å². The Morgan fingerprint density at radius 2 is 2.10 bits per heavy atom. The quantitative estimate of drug-likeness (QED) is 0.824. The van der Waals surface area contributed by atoms with Crippen LogP contribution in [0.3, 0.4) is 0 Å². The predicted octanol–water partition coefficient (Wildman–Crippen LogP) is 1.79. The summed E-state index contributed by atoms with van der Waals surface area (Å²) in [6.45, 7) is 1.65. The van der Waals surface area contributed by atoms with Crippen molar-refractivity contribution in [2.75, 3.05) is 17.2 Å². The lowest BCUT2D eigenvalue weighted by Gasteiger charge is -2.30. The number of nitrogens with zero attached hydrogens (tertiary/aromatic N) is 2. The summed E-state index contributed by atoms with van der Waals surface area (Å²) in [5.74, 6) is 2.08. The van der Waals surface area contributed by atoms with E-state index in [1.807, 2.05) is 12.1 Å². The van der Waals surface area contributed by atoms with E-state index in [1.54, 1.807) is 6.07 Å². The second-order valence-electron chi connectivity index (χ2n) is 5.96. The van der Waals surface area contributed by atoms with Gasteiger partial charge in [0.15, 0.2) is 0 Å². The Labute approximate surface area is 122 Å². The van der Waals surface area contributed by atoms with Gasteiger partial charge < -0.3 is 15.6 Å². The van der Waals surface area contributed by atoms with Crippen LogP contribution in [0.4, 0.5) is 11.5 Å². The van der Waals surface area contributed by atoms with Crippen molar-refractivity contribution in [3.05, 3.63) is 51.6 Å². The lowest BCUT2D eigenvalue weighted by atomic mass is 9.99. The molecule has 3 N–H and O–H groups in total. The summed E-state index contributed by atoms with van der Waals surface area (Å²) in [6, 6.07) is 7.67. The Morgan fingerprint density at radius 3 is 2.90 bits per heavy atom. The molecule has 0 amide bonds. The Balaban J connectivity index is 1.67. The minimum atomic E-state index is -0.0553. The Hall–Kier alpha value is -2.30. The number of benzene rings is 1. The summed E-state index contributed by atoms with van der Waals surface area (Å²) in [7, 11) is 0. The number of aromatic nitrogens is 2. The lowest BCUT2D eigenvalue weighted by molar-refractivity contribution is 0.712. The molecule has 0 spiro atoms. The molecule has 1 aromatic heterocycles. The molecular formula is C16H18N4O.